The quantitative estimate of drug-likeness (QED) is 0.208. The first kappa shape index (κ1) is 20.2. The summed E-state index contributed by atoms with van der Waals surface area (Å²) in [6, 6.07) is 38.5. The first-order valence-corrected chi connectivity index (χ1v) is 14.5. The zero-order chi connectivity index (χ0) is 22.4. The third-order valence-electron chi connectivity index (χ3n) is 7.87. The summed E-state index contributed by atoms with van der Waals surface area (Å²) in [4.78, 5) is 0. The second-order valence-corrected chi connectivity index (χ2v) is 13.9. The lowest BCUT2D eigenvalue weighted by Crippen LogP contribution is -2.47. The van der Waals surface area contributed by atoms with E-state index in [0.29, 0.717) is 11.1 Å². The molecule has 0 atom stereocenters. The van der Waals surface area contributed by atoms with Crippen molar-refractivity contribution in [3.8, 4) is 22.3 Å². The molecule has 33 heavy (non-hydrogen) atoms. The normalized spacial score (nSPS) is 14.3. The van der Waals surface area contributed by atoms with Gasteiger partial charge in [0.15, 0.2) is 0 Å². The molecule has 0 heterocycles. The van der Waals surface area contributed by atoms with E-state index in [4.69, 9.17) is 0 Å². The van der Waals surface area contributed by atoms with E-state index < -0.39 is 8.07 Å². The van der Waals surface area contributed by atoms with E-state index in [1.165, 1.54) is 44.5 Å². The van der Waals surface area contributed by atoms with Crippen molar-refractivity contribution in [1.82, 2.24) is 0 Å². The predicted molar refractivity (Wildman–Crippen MR) is 143 cm³/mol. The molecule has 1 heteroatoms. The van der Waals surface area contributed by atoms with Gasteiger partial charge in [-0.2, -0.15) is 0 Å². The Morgan fingerprint density at radius 2 is 0.758 bits per heavy atom. The fourth-order valence-electron chi connectivity index (χ4n) is 6.81. The highest BCUT2D eigenvalue weighted by molar-refractivity contribution is 6.85. The van der Waals surface area contributed by atoms with Crippen LogP contribution in [0.25, 0.3) is 22.3 Å². The Morgan fingerprint density at radius 3 is 1.03 bits per heavy atom. The van der Waals surface area contributed by atoms with Gasteiger partial charge in [0.25, 0.3) is 0 Å². The van der Waals surface area contributed by atoms with Crippen LogP contribution in [0.3, 0.4) is 0 Å². The lowest BCUT2D eigenvalue weighted by atomic mass is 10.1. The van der Waals surface area contributed by atoms with Gasteiger partial charge in [-0.1, -0.05) is 109 Å². The molecule has 4 aromatic rings. The Bertz CT molecular complexity index is 1180. The van der Waals surface area contributed by atoms with E-state index in [2.05, 4.69) is 122 Å². The average Bonchev–Trinajstić information content (AvgIpc) is 3.38. The Labute approximate surface area is 198 Å². The first-order chi connectivity index (χ1) is 16.3. The highest BCUT2D eigenvalue weighted by Gasteiger charge is 2.53. The topological polar surface area (TPSA) is 0 Å². The van der Waals surface area contributed by atoms with Crippen LogP contribution in [0.15, 0.2) is 122 Å². The molecule has 6 rings (SSSR count). The van der Waals surface area contributed by atoms with Crippen molar-refractivity contribution >= 4 is 8.07 Å². The maximum absolute atomic E-state index is 4.29. The van der Waals surface area contributed by atoms with Crippen LogP contribution in [0.1, 0.15) is 33.3 Å². The molecule has 4 aromatic carbocycles. The van der Waals surface area contributed by atoms with E-state index in [-0.39, 0.29) is 0 Å². The molecule has 0 radical (unpaired) electrons. The molecule has 0 nitrogen and oxygen atoms in total. The summed E-state index contributed by atoms with van der Waals surface area (Å²) in [5.74, 6) is 0. The zero-order valence-electron chi connectivity index (χ0n) is 18.9. The molecule has 0 N–H and O–H groups in total. The van der Waals surface area contributed by atoms with Crippen molar-refractivity contribution in [3.63, 3.8) is 0 Å². The van der Waals surface area contributed by atoms with Gasteiger partial charge in [0.2, 0.25) is 0 Å². The number of hydrogen-bond donors (Lipinski definition) is 0. The lowest BCUT2D eigenvalue weighted by Gasteiger charge is -2.43. The number of fused-ring (bicyclic) bond motifs is 6. The van der Waals surface area contributed by atoms with Crippen molar-refractivity contribution in [2.75, 3.05) is 0 Å². The number of hydrogen-bond acceptors (Lipinski definition) is 0. The SMILES string of the molecule is C=CC[Si](CC=C)(C1c2ccccc2-c2ccccc21)C1c2ccccc2-c2ccccc21. The predicted octanol–water partition coefficient (Wildman–Crippen LogP) is 8.51. The van der Waals surface area contributed by atoms with E-state index in [1.54, 1.807) is 0 Å². The van der Waals surface area contributed by atoms with Gasteiger partial charge in [-0.05, 0) is 56.6 Å². The first-order valence-electron chi connectivity index (χ1n) is 11.9. The molecule has 0 spiro atoms. The molecule has 2 aliphatic carbocycles. The Kier molecular flexibility index (Phi) is 4.81. The van der Waals surface area contributed by atoms with Gasteiger partial charge >= 0.3 is 0 Å². The van der Waals surface area contributed by atoms with Gasteiger partial charge in [-0.25, -0.2) is 0 Å². The van der Waals surface area contributed by atoms with Crippen LogP contribution in [-0.2, 0) is 0 Å². The Balaban J connectivity index is 1.69. The standard InChI is InChI=1S/C32H28Si/c1-3-21-33(22-4-2,31-27-17-9-5-13-23(27)24-14-6-10-18-28(24)31)32-29-19-11-7-15-25(29)26-16-8-12-20-30(26)32/h3-20,31-32H,1-2,21-22H2. The smallest absolute Gasteiger partial charge is 0.0863 e. The number of allylic oxidation sites excluding steroid dienone is 2. The van der Waals surface area contributed by atoms with E-state index in [1.807, 2.05) is 0 Å². The fraction of sp³-hybridized carbons (Fsp3) is 0.125. The highest BCUT2D eigenvalue weighted by Crippen LogP contribution is 2.59. The molecule has 0 saturated heterocycles. The molecule has 0 aromatic heterocycles. The monoisotopic (exact) mass is 440 g/mol. The van der Waals surface area contributed by atoms with Crippen LogP contribution in [0.5, 0.6) is 0 Å². The largest absolute Gasteiger partial charge is 0.103 e. The summed E-state index contributed by atoms with van der Waals surface area (Å²) in [6.07, 6.45) is 4.39. The minimum atomic E-state index is -2.17. The molecule has 0 saturated carbocycles. The highest BCUT2D eigenvalue weighted by atomic mass is 28.3. The average molecular weight is 441 g/mol. The lowest BCUT2D eigenvalue weighted by molar-refractivity contribution is 0.974. The van der Waals surface area contributed by atoms with Crippen LogP contribution >= 0.6 is 0 Å². The molecule has 0 fully saturated rings. The third-order valence-corrected chi connectivity index (χ3v) is 13.5. The van der Waals surface area contributed by atoms with Gasteiger partial charge in [0, 0.05) is 11.1 Å². The molecule has 2 aliphatic rings. The van der Waals surface area contributed by atoms with Crippen LogP contribution in [-0.4, -0.2) is 8.07 Å². The number of rotatable bonds is 6. The van der Waals surface area contributed by atoms with Crippen LogP contribution in [0.4, 0.5) is 0 Å². The molecule has 0 bridgehead atoms. The van der Waals surface area contributed by atoms with E-state index >= 15 is 0 Å². The van der Waals surface area contributed by atoms with Gasteiger partial charge in [-0.15, -0.1) is 13.2 Å². The third kappa shape index (κ3) is 2.82. The van der Waals surface area contributed by atoms with Gasteiger partial charge in [0.1, 0.15) is 0 Å². The maximum Gasteiger partial charge on any atom is 0.0863 e. The summed E-state index contributed by atoms with van der Waals surface area (Å²) >= 11 is 0. The van der Waals surface area contributed by atoms with E-state index in [0.717, 1.165) is 12.1 Å². The summed E-state index contributed by atoms with van der Waals surface area (Å²) in [7, 11) is -2.17. The van der Waals surface area contributed by atoms with Crippen LogP contribution in [0.2, 0.25) is 12.1 Å². The Morgan fingerprint density at radius 1 is 0.485 bits per heavy atom. The molecule has 160 valence electrons. The second-order valence-electron chi connectivity index (χ2n) is 9.43. The second kappa shape index (κ2) is 7.86. The van der Waals surface area contributed by atoms with Crippen molar-refractivity contribution in [2.24, 2.45) is 0 Å². The fourth-order valence-corrected chi connectivity index (χ4v) is 12.8. The molecule has 0 amide bonds. The summed E-state index contributed by atoms with van der Waals surface area (Å²) in [6.45, 7) is 8.59. The van der Waals surface area contributed by atoms with Gasteiger partial charge < -0.3 is 0 Å². The summed E-state index contributed by atoms with van der Waals surface area (Å²) in [5, 5.41) is 0. The molecule has 0 unspecified atom stereocenters. The van der Waals surface area contributed by atoms with Crippen molar-refractivity contribution in [1.29, 1.82) is 0 Å². The van der Waals surface area contributed by atoms with Crippen molar-refractivity contribution < 1.29 is 0 Å². The zero-order valence-corrected chi connectivity index (χ0v) is 19.9. The minimum absolute atomic E-state index is 0.408. The van der Waals surface area contributed by atoms with Gasteiger partial charge in [0.05, 0.1) is 8.07 Å². The van der Waals surface area contributed by atoms with Crippen molar-refractivity contribution in [3.05, 3.63) is 145 Å². The van der Waals surface area contributed by atoms with Crippen LogP contribution in [0, 0.1) is 0 Å². The molecular weight excluding hydrogens is 412 g/mol. The summed E-state index contributed by atoms with van der Waals surface area (Å²) in [5.41, 5.74) is 12.4. The van der Waals surface area contributed by atoms with Crippen LogP contribution < -0.4 is 0 Å². The Hall–Kier alpha value is -3.42. The summed E-state index contributed by atoms with van der Waals surface area (Å²) < 4.78 is 0. The maximum atomic E-state index is 4.29. The van der Waals surface area contributed by atoms with Crippen molar-refractivity contribution in [2.45, 2.75) is 23.2 Å². The number of benzene rings is 4. The van der Waals surface area contributed by atoms with E-state index in [9.17, 15) is 0 Å². The molecular formula is C32H28Si. The molecule has 0 aliphatic heterocycles. The van der Waals surface area contributed by atoms with Gasteiger partial charge in [-0.3, -0.25) is 0 Å². The minimum Gasteiger partial charge on any atom is -0.103 e.